The molecule has 6 heteroatoms. The van der Waals surface area contributed by atoms with Gasteiger partial charge in [-0.15, -0.1) is 12.4 Å². The Bertz CT molecular complexity index is 282. The van der Waals surface area contributed by atoms with Gasteiger partial charge in [0.1, 0.15) is 0 Å². The lowest BCUT2D eigenvalue weighted by atomic mass is 9.74. The van der Waals surface area contributed by atoms with Crippen LogP contribution in [0.4, 0.5) is 0 Å². The van der Waals surface area contributed by atoms with E-state index in [9.17, 15) is 9.59 Å². The van der Waals surface area contributed by atoms with Crippen molar-refractivity contribution in [2.24, 2.45) is 17.4 Å². The van der Waals surface area contributed by atoms with Crippen LogP contribution >= 0.6 is 12.4 Å². The van der Waals surface area contributed by atoms with E-state index in [2.05, 4.69) is 5.32 Å². The molecule has 0 aromatic carbocycles. The van der Waals surface area contributed by atoms with Crippen LogP contribution in [0.2, 0.25) is 0 Å². The second-order valence-electron chi connectivity index (χ2n) is 4.81. The number of primary amides is 1. The molecule has 0 bridgehead atoms. The Kier molecular flexibility index (Phi) is 6.49. The van der Waals surface area contributed by atoms with E-state index in [1.807, 2.05) is 6.92 Å². The van der Waals surface area contributed by atoms with Crippen LogP contribution in [0, 0.1) is 5.92 Å². The van der Waals surface area contributed by atoms with Gasteiger partial charge in [0.05, 0.1) is 5.92 Å². The van der Waals surface area contributed by atoms with Gasteiger partial charge in [-0.2, -0.15) is 0 Å². The van der Waals surface area contributed by atoms with E-state index in [1.54, 1.807) is 0 Å². The highest BCUT2D eigenvalue weighted by Crippen LogP contribution is 2.31. The highest BCUT2D eigenvalue weighted by Gasteiger charge is 2.37. The summed E-state index contributed by atoms with van der Waals surface area (Å²) in [5.41, 5.74) is 10.7. The van der Waals surface area contributed by atoms with E-state index in [0.717, 1.165) is 25.7 Å². The van der Waals surface area contributed by atoms with E-state index < -0.39 is 11.4 Å². The summed E-state index contributed by atoms with van der Waals surface area (Å²) in [6.45, 7) is 2.23. The number of carbonyl (C=O) groups is 2. The fourth-order valence-corrected chi connectivity index (χ4v) is 2.22. The van der Waals surface area contributed by atoms with Crippen molar-refractivity contribution in [1.82, 2.24) is 5.32 Å². The van der Waals surface area contributed by atoms with Gasteiger partial charge < -0.3 is 16.8 Å². The van der Waals surface area contributed by atoms with Crippen LogP contribution in [0.5, 0.6) is 0 Å². The molecule has 0 aromatic heterocycles. The van der Waals surface area contributed by atoms with Crippen molar-refractivity contribution < 1.29 is 9.59 Å². The number of rotatable bonds is 4. The van der Waals surface area contributed by atoms with Crippen molar-refractivity contribution in [3.63, 3.8) is 0 Å². The number of nitrogens with two attached hydrogens (primary N) is 2. The van der Waals surface area contributed by atoms with Gasteiger partial charge in [-0.25, -0.2) is 0 Å². The number of carbonyl (C=O) groups excluding carboxylic acids is 2. The summed E-state index contributed by atoms with van der Waals surface area (Å²) in [7, 11) is 0. The van der Waals surface area contributed by atoms with Crippen LogP contribution in [0.15, 0.2) is 0 Å². The maximum absolute atomic E-state index is 11.9. The first-order chi connectivity index (χ1) is 7.43. The van der Waals surface area contributed by atoms with Crippen LogP contribution in [-0.4, -0.2) is 23.9 Å². The topological polar surface area (TPSA) is 98.2 Å². The molecule has 2 amide bonds. The quantitative estimate of drug-likeness (QED) is 0.681. The van der Waals surface area contributed by atoms with Crippen molar-refractivity contribution in [3.8, 4) is 0 Å². The SMILES string of the molecule is CC1(N)CCCCC1C(=O)NCCC(N)=O.Cl. The average Bonchev–Trinajstić information content (AvgIpc) is 2.16. The lowest BCUT2D eigenvalue weighted by Crippen LogP contribution is -2.53. The Morgan fingerprint density at radius 3 is 2.59 bits per heavy atom. The Hall–Kier alpha value is -0.810. The fourth-order valence-electron chi connectivity index (χ4n) is 2.22. The smallest absolute Gasteiger partial charge is 0.224 e. The fraction of sp³-hybridized carbons (Fsp3) is 0.818. The maximum Gasteiger partial charge on any atom is 0.224 e. The maximum atomic E-state index is 11.9. The molecule has 2 unspecified atom stereocenters. The second-order valence-corrected chi connectivity index (χ2v) is 4.81. The number of hydrogen-bond acceptors (Lipinski definition) is 3. The van der Waals surface area contributed by atoms with Crippen molar-refractivity contribution in [2.75, 3.05) is 6.54 Å². The summed E-state index contributed by atoms with van der Waals surface area (Å²) in [6.07, 6.45) is 4.01. The zero-order valence-corrected chi connectivity index (χ0v) is 11.0. The predicted octanol–water partition coefficient (Wildman–Crippen LogP) is 0.307. The minimum atomic E-state index is -0.422. The van der Waals surface area contributed by atoms with Gasteiger partial charge in [0.2, 0.25) is 11.8 Å². The summed E-state index contributed by atoms with van der Waals surface area (Å²) in [5.74, 6) is -0.598. The van der Waals surface area contributed by atoms with Gasteiger partial charge in [-0.1, -0.05) is 12.8 Å². The molecule has 2 atom stereocenters. The summed E-state index contributed by atoms with van der Waals surface area (Å²) >= 11 is 0. The molecule has 0 radical (unpaired) electrons. The average molecular weight is 264 g/mol. The first-order valence-corrected chi connectivity index (χ1v) is 5.78. The Morgan fingerprint density at radius 2 is 2.06 bits per heavy atom. The largest absolute Gasteiger partial charge is 0.370 e. The predicted molar refractivity (Wildman–Crippen MR) is 68.6 cm³/mol. The van der Waals surface area contributed by atoms with E-state index in [0.29, 0.717) is 6.54 Å². The summed E-state index contributed by atoms with van der Waals surface area (Å²) in [6, 6.07) is 0. The van der Waals surface area contributed by atoms with Crippen LogP contribution in [0.1, 0.15) is 39.0 Å². The molecule has 0 heterocycles. The minimum absolute atomic E-state index is 0. The minimum Gasteiger partial charge on any atom is -0.370 e. The number of hydrogen-bond donors (Lipinski definition) is 3. The molecule has 0 aliphatic heterocycles. The monoisotopic (exact) mass is 263 g/mol. The Balaban J connectivity index is 0.00000256. The summed E-state index contributed by atoms with van der Waals surface area (Å²) in [4.78, 5) is 22.4. The first kappa shape index (κ1) is 16.2. The number of halogens is 1. The molecule has 1 fully saturated rings. The van der Waals surface area contributed by atoms with Gasteiger partial charge in [0.25, 0.3) is 0 Å². The molecule has 100 valence electrons. The van der Waals surface area contributed by atoms with E-state index in [1.165, 1.54) is 0 Å². The van der Waals surface area contributed by atoms with Crippen LogP contribution in [0.3, 0.4) is 0 Å². The van der Waals surface area contributed by atoms with Gasteiger partial charge in [0.15, 0.2) is 0 Å². The zero-order chi connectivity index (χ0) is 12.2. The Labute approximate surface area is 108 Å². The number of nitrogens with one attached hydrogen (secondary N) is 1. The van der Waals surface area contributed by atoms with Crippen molar-refractivity contribution in [2.45, 2.75) is 44.6 Å². The molecular weight excluding hydrogens is 242 g/mol. The van der Waals surface area contributed by atoms with Crippen molar-refractivity contribution in [1.29, 1.82) is 0 Å². The third-order valence-corrected chi connectivity index (χ3v) is 3.24. The highest BCUT2D eigenvalue weighted by molar-refractivity contribution is 5.85. The van der Waals surface area contributed by atoms with Gasteiger partial charge >= 0.3 is 0 Å². The third kappa shape index (κ3) is 4.91. The lowest BCUT2D eigenvalue weighted by Gasteiger charge is -2.37. The summed E-state index contributed by atoms with van der Waals surface area (Å²) in [5, 5.41) is 2.72. The molecule has 0 aromatic rings. The first-order valence-electron chi connectivity index (χ1n) is 5.78. The molecule has 1 aliphatic carbocycles. The standard InChI is InChI=1S/C11H21N3O2.ClH/c1-11(13)6-3-2-4-8(11)10(16)14-7-5-9(12)15;/h8H,2-7,13H2,1H3,(H2,12,15)(H,14,16);1H. The molecule has 0 spiro atoms. The zero-order valence-electron chi connectivity index (χ0n) is 10.2. The van der Waals surface area contributed by atoms with Crippen molar-refractivity contribution >= 4 is 24.2 Å². The second kappa shape index (κ2) is 6.81. The molecule has 0 saturated heterocycles. The van der Waals surface area contributed by atoms with E-state index in [4.69, 9.17) is 11.5 Å². The molecule has 5 N–H and O–H groups in total. The summed E-state index contributed by atoms with van der Waals surface area (Å²) < 4.78 is 0. The van der Waals surface area contributed by atoms with Crippen LogP contribution in [0.25, 0.3) is 0 Å². The molecule has 17 heavy (non-hydrogen) atoms. The van der Waals surface area contributed by atoms with Gasteiger partial charge in [-0.05, 0) is 19.8 Å². The molecule has 5 nitrogen and oxygen atoms in total. The number of amides is 2. The Morgan fingerprint density at radius 1 is 1.41 bits per heavy atom. The van der Waals surface area contributed by atoms with Gasteiger partial charge in [0, 0.05) is 18.5 Å². The molecular formula is C11H22ClN3O2. The van der Waals surface area contributed by atoms with Crippen LogP contribution in [-0.2, 0) is 9.59 Å². The lowest BCUT2D eigenvalue weighted by molar-refractivity contribution is -0.128. The van der Waals surface area contributed by atoms with Crippen molar-refractivity contribution in [3.05, 3.63) is 0 Å². The molecule has 1 saturated carbocycles. The normalized spacial score (nSPS) is 28.0. The van der Waals surface area contributed by atoms with Gasteiger partial charge in [-0.3, -0.25) is 9.59 Å². The van der Waals surface area contributed by atoms with E-state index in [-0.39, 0.29) is 30.7 Å². The van der Waals surface area contributed by atoms with Crippen LogP contribution < -0.4 is 16.8 Å². The molecule has 1 aliphatic rings. The third-order valence-electron chi connectivity index (χ3n) is 3.24. The highest BCUT2D eigenvalue weighted by atomic mass is 35.5. The van der Waals surface area contributed by atoms with E-state index >= 15 is 0 Å². The molecule has 1 rings (SSSR count).